The summed E-state index contributed by atoms with van der Waals surface area (Å²) in [5.74, 6) is 1.62. The number of hydrogen-bond acceptors (Lipinski definition) is 6. The standard InChI is InChI=1S/C23H17F3N2O3S/c1-29-18-8-5-7-17(20(18)30-2)21-27-22(31-28-21)16-6-3-4-9-19(16)32-15-12-10-14(11-13-15)23(24,25)26/h3-13H,1-2H3. The van der Waals surface area contributed by atoms with E-state index in [4.69, 9.17) is 14.0 Å². The van der Waals surface area contributed by atoms with Gasteiger partial charge in [-0.2, -0.15) is 18.2 Å². The Morgan fingerprint density at radius 1 is 0.844 bits per heavy atom. The smallest absolute Gasteiger partial charge is 0.416 e. The van der Waals surface area contributed by atoms with E-state index in [-0.39, 0.29) is 5.89 Å². The van der Waals surface area contributed by atoms with Gasteiger partial charge in [0.1, 0.15) is 0 Å². The molecule has 0 bridgehead atoms. The fourth-order valence-electron chi connectivity index (χ4n) is 3.08. The molecule has 1 aromatic heterocycles. The fourth-order valence-corrected chi connectivity index (χ4v) is 4.01. The quantitative estimate of drug-likeness (QED) is 0.325. The van der Waals surface area contributed by atoms with Crippen LogP contribution in [-0.4, -0.2) is 24.4 Å². The van der Waals surface area contributed by atoms with Crippen LogP contribution < -0.4 is 9.47 Å². The lowest BCUT2D eigenvalue weighted by molar-refractivity contribution is -0.137. The molecule has 0 saturated carbocycles. The maximum Gasteiger partial charge on any atom is 0.416 e. The molecule has 4 rings (SSSR count). The number of para-hydroxylation sites is 1. The van der Waals surface area contributed by atoms with Crippen molar-refractivity contribution < 1.29 is 27.2 Å². The molecule has 0 aliphatic carbocycles. The molecule has 164 valence electrons. The molecule has 0 radical (unpaired) electrons. The number of rotatable bonds is 6. The molecule has 5 nitrogen and oxygen atoms in total. The molecule has 0 unspecified atom stereocenters. The van der Waals surface area contributed by atoms with Crippen LogP contribution in [0.15, 0.2) is 81.0 Å². The highest BCUT2D eigenvalue weighted by Gasteiger charge is 2.30. The third-order valence-corrected chi connectivity index (χ3v) is 5.68. The molecule has 0 fully saturated rings. The lowest BCUT2D eigenvalue weighted by Crippen LogP contribution is -2.03. The monoisotopic (exact) mass is 458 g/mol. The van der Waals surface area contributed by atoms with Gasteiger partial charge in [0.25, 0.3) is 5.89 Å². The maximum absolute atomic E-state index is 12.8. The zero-order chi connectivity index (χ0) is 22.7. The highest BCUT2D eigenvalue weighted by atomic mass is 32.2. The number of benzene rings is 3. The van der Waals surface area contributed by atoms with Crippen LogP contribution in [0.5, 0.6) is 11.5 Å². The van der Waals surface area contributed by atoms with Crippen molar-refractivity contribution in [2.75, 3.05) is 14.2 Å². The van der Waals surface area contributed by atoms with E-state index in [1.807, 2.05) is 24.3 Å². The largest absolute Gasteiger partial charge is 0.493 e. The number of ether oxygens (including phenoxy) is 2. The van der Waals surface area contributed by atoms with E-state index < -0.39 is 11.7 Å². The first kappa shape index (κ1) is 21.8. The first-order valence-electron chi connectivity index (χ1n) is 9.40. The third-order valence-electron chi connectivity index (χ3n) is 4.60. The number of hydrogen-bond donors (Lipinski definition) is 0. The Morgan fingerprint density at radius 2 is 1.56 bits per heavy atom. The Morgan fingerprint density at radius 3 is 2.25 bits per heavy atom. The van der Waals surface area contributed by atoms with Gasteiger partial charge in [-0.15, -0.1) is 0 Å². The Hall–Kier alpha value is -3.46. The van der Waals surface area contributed by atoms with Gasteiger partial charge >= 0.3 is 6.18 Å². The number of methoxy groups -OCH3 is 2. The van der Waals surface area contributed by atoms with Gasteiger partial charge < -0.3 is 14.0 Å². The fraction of sp³-hybridized carbons (Fsp3) is 0.130. The highest BCUT2D eigenvalue weighted by molar-refractivity contribution is 7.99. The van der Waals surface area contributed by atoms with Gasteiger partial charge in [-0.05, 0) is 48.5 Å². The van der Waals surface area contributed by atoms with Crippen molar-refractivity contribution in [2.24, 2.45) is 0 Å². The van der Waals surface area contributed by atoms with Crippen LogP contribution in [0.3, 0.4) is 0 Å². The molecular formula is C23H17F3N2O3S. The molecule has 4 aromatic rings. The van der Waals surface area contributed by atoms with Crippen molar-refractivity contribution in [3.05, 3.63) is 72.3 Å². The average molecular weight is 458 g/mol. The summed E-state index contributed by atoms with van der Waals surface area (Å²) in [6.07, 6.45) is -4.37. The predicted octanol–water partition coefficient (Wildman–Crippen LogP) is 6.59. The van der Waals surface area contributed by atoms with Crippen LogP contribution in [0.1, 0.15) is 5.56 Å². The molecular weight excluding hydrogens is 441 g/mol. The summed E-state index contributed by atoms with van der Waals surface area (Å²) in [7, 11) is 3.07. The number of halogens is 3. The second-order valence-corrected chi connectivity index (χ2v) is 7.70. The normalized spacial score (nSPS) is 11.4. The minimum Gasteiger partial charge on any atom is -0.493 e. The average Bonchev–Trinajstić information content (AvgIpc) is 3.28. The van der Waals surface area contributed by atoms with Gasteiger partial charge in [0.2, 0.25) is 5.82 Å². The Balaban J connectivity index is 1.65. The van der Waals surface area contributed by atoms with Gasteiger partial charge in [-0.1, -0.05) is 35.1 Å². The minimum atomic E-state index is -4.37. The first-order valence-corrected chi connectivity index (χ1v) is 10.2. The summed E-state index contributed by atoms with van der Waals surface area (Å²) in [4.78, 5) is 5.92. The summed E-state index contributed by atoms with van der Waals surface area (Å²) < 4.78 is 54.7. The molecule has 32 heavy (non-hydrogen) atoms. The third kappa shape index (κ3) is 4.43. The van der Waals surface area contributed by atoms with Gasteiger partial charge in [0.15, 0.2) is 11.5 Å². The first-order chi connectivity index (χ1) is 15.4. The summed E-state index contributed by atoms with van der Waals surface area (Å²) in [5, 5.41) is 4.08. The molecule has 0 N–H and O–H groups in total. The van der Waals surface area contributed by atoms with Crippen LogP contribution in [0.4, 0.5) is 13.2 Å². The SMILES string of the molecule is COc1cccc(-c2noc(-c3ccccc3Sc3ccc(C(F)(F)F)cc3)n2)c1OC. The summed E-state index contributed by atoms with van der Waals surface area (Å²) in [6, 6.07) is 17.6. The second kappa shape index (κ2) is 8.96. The zero-order valence-corrected chi connectivity index (χ0v) is 17.8. The Kier molecular flexibility index (Phi) is 6.09. The second-order valence-electron chi connectivity index (χ2n) is 6.58. The van der Waals surface area contributed by atoms with E-state index >= 15 is 0 Å². The van der Waals surface area contributed by atoms with Crippen molar-refractivity contribution in [3.8, 4) is 34.3 Å². The van der Waals surface area contributed by atoms with E-state index in [0.717, 1.165) is 17.0 Å². The summed E-state index contributed by atoms with van der Waals surface area (Å²) in [6.45, 7) is 0. The highest BCUT2D eigenvalue weighted by Crippen LogP contribution is 2.40. The van der Waals surface area contributed by atoms with E-state index in [9.17, 15) is 13.2 Å². The topological polar surface area (TPSA) is 57.4 Å². The van der Waals surface area contributed by atoms with E-state index in [1.54, 1.807) is 18.2 Å². The van der Waals surface area contributed by atoms with Crippen molar-refractivity contribution in [1.82, 2.24) is 10.1 Å². The molecule has 0 saturated heterocycles. The molecule has 9 heteroatoms. The van der Waals surface area contributed by atoms with E-state index in [1.165, 1.54) is 38.1 Å². The van der Waals surface area contributed by atoms with Gasteiger partial charge in [0.05, 0.1) is 30.9 Å². The minimum absolute atomic E-state index is 0.278. The molecule has 0 aliphatic heterocycles. The summed E-state index contributed by atoms with van der Waals surface area (Å²) in [5.41, 5.74) is 0.580. The molecule has 0 aliphatic rings. The molecule has 1 heterocycles. The lowest BCUT2D eigenvalue weighted by atomic mass is 10.1. The van der Waals surface area contributed by atoms with Crippen LogP contribution in [0.25, 0.3) is 22.8 Å². The van der Waals surface area contributed by atoms with E-state index in [0.29, 0.717) is 33.3 Å². The molecule has 3 aromatic carbocycles. The molecule has 0 spiro atoms. The Bertz CT molecular complexity index is 1220. The van der Waals surface area contributed by atoms with E-state index in [2.05, 4.69) is 10.1 Å². The zero-order valence-electron chi connectivity index (χ0n) is 17.0. The molecule has 0 amide bonds. The number of alkyl halides is 3. The van der Waals surface area contributed by atoms with Crippen LogP contribution in [0, 0.1) is 0 Å². The summed E-state index contributed by atoms with van der Waals surface area (Å²) >= 11 is 1.31. The maximum atomic E-state index is 12.8. The van der Waals surface area contributed by atoms with Crippen molar-refractivity contribution in [2.45, 2.75) is 16.0 Å². The number of nitrogens with zero attached hydrogens (tertiary/aromatic N) is 2. The lowest BCUT2D eigenvalue weighted by Gasteiger charge is -2.10. The van der Waals surface area contributed by atoms with Crippen LogP contribution >= 0.6 is 11.8 Å². The predicted molar refractivity (Wildman–Crippen MR) is 114 cm³/mol. The Labute approximate surface area is 186 Å². The number of aromatic nitrogens is 2. The van der Waals surface area contributed by atoms with Crippen molar-refractivity contribution >= 4 is 11.8 Å². The van der Waals surface area contributed by atoms with Crippen molar-refractivity contribution in [3.63, 3.8) is 0 Å². The van der Waals surface area contributed by atoms with Gasteiger partial charge in [-0.3, -0.25) is 0 Å². The molecule has 0 atom stereocenters. The van der Waals surface area contributed by atoms with Crippen LogP contribution in [0.2, 0.25) is 0 Å². The van der Waals surface area contributed by atoms with Gasteiger partial charge in [0, 0.05) is 9.79 Å². The van der Waals surface area contributed by atoms with Crippen LogP contribution in [-0.2, 0) is 6.18 Å². The van der Waals surface area contributed by atoms with Gasteiger partial charge in [-0.25, -0.2) is 0 Å². The van der Waals surface area contributed by atoms with Crippen molar-refractivity contribution in [1.29, 1.82) is 0 Å².